The summed E-state index contributed by atoms with van der Waals surface area (Å²) < 4.78 is 22.5. The number of rotatable bonds is 8. The lowest BCUT2D eigenvalue weighted by Gasteiger charge is -2.27. The zero-order chi connectivity index (χ0) is 24.0. The van der Waals surface area contributed by atoms with Crippen molar-refractivity contribution in [1.29, 1.82) is 5.26 Å². The Bertz CT molecular complexity index is 1130. The number of ether oxygens (including phenoxy) is 4. The monoisotopic (exact) mass is 448 g/mol. The second kappa shape index (κ2) is 10.6. The molecule has 0 fully saturated rings. The van der Waals surface area contributed by atoms with Crippen LogP contribution in [-0.2, 0) is 20.9 Å². The molecule has 0 bridgehead atoms. The summed E-state index contributed by atoms with van der Waals surface area (Å²) in [5, 5.41) is 9.77. The second-order valence-corrected chi connectivity index (χ2v) is 7.53. The second-order valence-electron chi connectivity index (χ2n) is 7.53. The van der Waals surface area contributed by atoms with Gasteiger partial charge in [-0.3, -0.25) is 0 Å². The van der Waals surface area contributed by atoms with E-state index in [1.54, 1.807) is 32.0 Å². The van der Waals surface area contributed by atoms with E-state index in [1.165, 1.54) is 5.56 Å². The lowest BCUT2D eigenvalue weighted by Crippen LogP contribution is -2.25. The number of nitriles is 1. The van der Waals surface area contributed by atoms with E-state index in [0.717, 1.165) is 5.56 Å². The van der Waals surface area contributed by atoms with Crippen LogP contribution >= 0.6 is 0 Å². The average Bonchev–Trinajstić information content (AvgIpc) is 2.79. The van der Waals surface area contributed by atoms with Crippen LogP contribution in [0.5, 0.6) is 11.5 Å². The van der Waals surface area contributed by atoms with Crippen LogP contribution in [0.15, 0.2) is 65.3 Å². The third-order valence-corrected chi connectivity index (χ3v) is 5.22. The molecule has 1 heterocycles. The van der Waals surface area contributed by atoms with E-state index in [9.17, 15) is 10.1 Å². The van der Waals surface area contributed by atoms with Gasteiger partial charge in [0, 0.05) is 0 Å². The van der Waals surface area contributed by atoms with Crippen molar-refractivity contribution in [3.8, 4) is 17.6 Å². The highest BCUT2D eigenvalue weighted by atomic mass is 16.5. The van der Waals surface area contributed by atoms with Crippen LogP contribution in [0.1, 0.15) is 43.4 Å². The lowest BCUT2D eigenvalue weighted by atomic mass is 9.83. The predicted molar refractivity (Wildman–Crippen MR) is 123 cm³/mol. The minimum absolute atomic E-state index is 0.0364. The fourth-order valence-electron chi connectivity index (χ4n) is 3.63. The Morgan fingerprint density at radius 2 is 1.79 bits per heavy atom. The van der Waals surface area contributed by atoms with Crippen molar-refractivity contribution in [2.24, 2.45) is 5.73 Å². The van der Waals surface area contributed by atoms with Gasteiger partial charge in [-0.15, -0.1) is 0 Å². The van der Waals surface area contributed by atoms with Crippen molar-refractivity contribution in [2.45, 2.75) is 40.2 Å². The molecule has 1 atom stereocenters. The molecule has 0 saturated carbocycles. The maximum Gasteiger partial charge on any atom is 0.338 e. The molecule has 1 aliphatic heterocycles. The van der Waals surface area contributed by atoms with Gasteiger partial charge in [-0.25, -0.2) is 4.79 Å². The van der Waals surface area contributed by atoms with Crippen molar-refractivity contribution in [3.63, 3.8) is 0 Å². The molecule has 2 aromatic rings. The summed E-state index contributed by atoms with van der Waals surface area (Å²) in [5.41, 5.74) is 9.21. The summed E-state index contributed by atoms with van der Waals surface area (Å²) in [4.78, 5) is 12.7. The highest BCUT2D eigenvalue weighted by Crippen LogP contribution is 2.42. The van der Waals surface area contributed by atoms with E-state index in [4.69, 9.17) is 24.7 Å². The molecule has 2 N–H and O–H groups in total. The maximum atomic E-state index is 12.7. The first-order valence-electron chi connectivity index (χ1n) is 10.8. The molecule has 7 heteroatoms. The number of esters is 1. The number of hydrogen-bond acceptors (Lipinski definition) is 7. The van der Waals surface area contributed by atoms with Crippen LogP contribution in [0.4, 0.5) is 0 Å². The molecule has 1 unspecified atom stereocenters. The molecule has 7 nitrogen and oxygen atoms in total. The molecule has 0 spiro atoms. The number of carbonyl (C=O) groups is 1. The van der Waals surface area contributed by atoms with Gasteiger partial charge >= 0.3 is 5.97 Å². The highest BCUT2D eigenvalue weighted by molar-refractivity contribution is 5.92. The number of nitrogens with two attached hydrogens (primary N) is 1. The van der Waals surface area contributed by atoms with Crippen LogP contribution in [0.2, 0.25) is 0 Å². The normalized spacial score (nSPS) is 15.5. The Hall–Kier alpha value is -3.92. The Balaban J connectivity index is 1.99. The summed E-state index contributed by atoms with van der Waals surface area (Å²) in [7, 11) is 0. The number of carbonyl (C=O) groups excluding carboxylic acids is 1. The molecule has 0 aromatic heterocycles. The fraction of sp³-hybridized carbons (Fsp3) is 0.308. The van der Waals surface area contributed by atoms with Gasteiger partial charge in [-0.05, 0) is 51.0 Å². The van der Waals surface area contributed by atoms with Gasteiger partial charge < -0.3 is 24.7 Å². The van der Waals surface area contributed by atoms with Crippen LogP contribution < -0.4 is 15.2 Å². The maximum absolute atomic E-state index is 12.7. The molecular weight excluding hydrogens is 420 g/mol. The third-order valence-electron chi connectivity index (χ3n) is 5.22. The van der Waals surface area contributed by atoms with E-state index < -0.39 is 11.9 Å². The van der Waals surface area contributed by atoms with Crippen LogP contribution in [0.25, 0.3) is 0 Å². The molecule has 0 saturated heterocycles. The number of aryl methyl sites for hydroxylation is 1. The fourth-order valence-corrected chi connectivity index (χ4v) is 3.63. The molecule has 0 radical (unpaired) electrons. The van der Waals surface area contributed by atoms with E-state index in [0.29, 0.717) is 36.0 Å². The van der Waals surface area contributed by atoms with E-state index in [-0.39, 0.29) is 23.6 Å². The molecule has 172 valence electrons. The van der Waals surface area contributed by atoms with Crippen molar-refractivity contribution in [2.75, 3.05) is 13.2 Å². The van der Waals surface area contributed by atoms with Gasteiger partial charge in [0.1, 0.15) is 24.0 Å². The van der Waals surface area contributed by atoms with Gasteiger partial charge in [-0.1, -0.05) is 35.9 Å². The SMILES string of the molecule is CCOC(=O)C1=C(C)OC(N)=C(C#N)C1c1ccc(OCc2ccc(C)cc2)c(OCC)c1. The predicted octanol–water partition coefficient (Wildman–Crippen LogP) is 4.62. The van der Waals surface area contributed by atoms with Crippen molar-refractivity contribution in [1.82, 2.24) is 0 Å². The van der Waals surface area contributed by atoms with Gasteiger partial charge in [0.25, 0.3) is 0 Å². The van der Waals surface area contributed by atoms with Crippen molar-refractivity contribution >= 4 is 5.97 Å². The zero-order valence-corrected chi connectivity index (χ0v) is 19.3. The van der Waals surface area contributed by atoms with Gasteiger partial charge in [0.2, 0.25) is 5.88 Å². The largest absolute Gasteiger partial charge is 0.490 e. The summed E-state index contributed by atoms with van der Waals surface area (Å²) in [6, 6.07) is 15.5. The highest BCUT2D eigenvalue weighted by Gasteiger charge is 2.36. The summed E-state index contributed by atoms with van der Waals surface area (Å²) in [6.45, 7) is 8.24. The van der Waals surface area contributed by atoms with Crippen molar-refractivity contribution in [3.05, 3.63) is 81.9 Å². The number of benzene rings is 2. The van der Waals surface area contributed by atoms with E-state index in [1.807, 2.05) is 38.1 Å². The number of nitrogens with zero attached hydrogens (tertiary/aromatic N) is 1. The van der Waals surface area contributed by atoms with E-state index in [2.05, 4.69) is 6.07 Å². The topological polar surface area (TPSA) is 104 Å². The Labute approximate surface area is 194 Å². The number of allylic oxidation sites excluding steroid dienone is 2. The molecule has 3 rings (SSSR count). The van der Waals surface area contributed by atoms with Gasteiger partial charge in [0.05, 0.1) is 24.7 Å². The minimum atomic E-state index is -0.742. The third kappa shape index (κ3) is 5.29. The zero-order valence-electron chi connectivity index (χ0n) is 19.3. The van der Waals surface area contributed by atoms with Crippen LogP contribution in [0.3, 0.4) is 0 Å². The standard InChI is InChI=1S/C26H28N2O5/c1-5-30-22-13-19(11-12-21(22)32-15-18-9-7-16(3)8-10-18)24-20(14-27)25(28)33-17(4)23(24)26(29)31-6-2/h7-13,24H,5-6,15,28H2,1-4H3. The molecule has 0 aliphatic carbocycles. The first-order valence-corrected chi connectivity index (χ1v) is 10.8. The average molecular weight is 449 g/mol. The van der Waals surface area contributed by atoms with Gasteiger partial charge in [-0.2, -0.15) is 5.26 Å². The summed E-state index contributed by atoms with van der Waals surface area (Å²) >= 11 is 0. The van der Waals surface area contributed by atoms with Crippen LogP contribution in [-0.4, -0.2) is 19.2 Å². The molecular formula is C26H28N2O5. The molecule has 2 aromatic carbocycles. The molecule has 33 heavy (non-hydrogen) atoms. The Kier molecular flexibility index (Phi) is 7.62. The Morgan fingerprint density at radius 1 is 1.06 bits per heavy atom. The first-order chi connectivity index (χ1) is 15.9. The first kappa shape index (κ1) is 23.7. The lowest BCUT2D eigenvalue weighted by molar-refractivity contribution is -0.139. The van der Waals surface area contributed by atoms with E-state index >= 15 is 0 Å². The number of hydrogen-bond donors (Lipinski definition) is 1. The Morgan fingerprint density at radius 3 is 2.42 bits per heavy atom. The quantitative estimate of drug-likeness (QED) is 0.588. The smallest absolute Gasteiger partial charge is 0.338 e. The van der Waals surface area contributed by atoms with Crippen molar-refractivity contribution < 1.29 is 23.7 Å². The molecule has 1 aliphatic rings. The molecule has 0 amide bonds. The summed E-state index contributed by atoms with van der Waals surface area (Å²) in [5.74, 6) is 0.0248. The van der Waals surface area contributed by atoms with Gasteiger partial charge in [0.15, 0.2) is 11.5 Å². The minimum Gasteiger partial charge on any atom is -0.490 e. The summed E-state index contributed by atoms with van der Waals surface area (Å²) in [6.07, 6.45) is 0. The van der Waals surface area contributed by atoms with Crippen LogP contribution in [0, 0.1) is 18.3 Å².